The second kappa shape index (κ2) is 16.4. The van der Waals surface area contributed by atoms with Crippen LogP contribution < -0.4 is 18.9 Å². The van der Waals surface area contributed by atoms with Gasteiger partial charge in [0.05, 0.1) is 26.4 Å². The lowest BCUT2D eigenvalue weighted by molar-refractivity contribution is -0.0218. The smallest absolute Gasteiger partial charge is 0.125 e. The highest BCUT2D eigenvalue weighted by atomic mass is 16.6. The van der Waals surface area contributed by atoms with E-state index in [1.54, 1.807) is 6.07 Å². The summed E-state index contributed by atoms with van der Waals surface area (Å²) in [4.78, 5) is 0. The number of aliphatic hydroxyl groups is 2. The average Bonchev–Trinajstić information content (AvgIpc) is 2.93. The minimum Gasteiger partial charge on any atom is -0.491 e. The van der Waals surface area contributed by atoms with Crippen LogP contribution in [0, 0.1) is 0 Å². The largest absolute Gasteiger partial charge is 0.491 e. The summed E-state index contributed by atoms with van der Waals surface area (Å²) < 4.78 is 34.7. The van der Waals surface area contributed by atoms with Gasteiger partial charge in [-0.25, -0.2) is 0 Å². The zero-order chi connectivity index (χ0) is 25.3. The first kappa shape index (κ1) is 27.3. The average molecular weight is 499 g/mol. The van der Waals surface area contributed by atoms with Crippen LogP contribution in [-0.2, 0) is 9.47 Å². The molecule has 3 aromatic rings. The van der Waals surface area contributed by atoms with Gasteiger partial charge in [-0.2, -0.15) is 0 Å². The minimum atomic E-state index is -0.367. The molecule has 0 aliphatic rings. The van der Waals surface area contributed by atoms with E-state index in [1.165, 1.54) is 0 Å². The molecule has 2 atom stereocenters. The highest BCUT2D eigenvalue weighted by Crippen LogP contribution is 2.21. The second-order valence-electron chi connectivity index (χ2n) is 7.78. The Bertz CT molecular complexity index is 879. The van der Waals surface area contributed by atoms with Gasteiger partial charge in [0.2, 0.25) is 0 Å². The van der Waals surface area contributed by atoms with E-state index < -0.39 is 0 Å². The Morgan fingerprint density at radius 1 is 0.472 bits per heavy atom. The number of rotatable bonds is 18. The zero-order valence-electron chi connectivity index (χ0n) is 20.2. The number of para-hydroxylation sites is 2. The standard InChI is InChI=1S/C28H34O8/c29-14-16-31-27(19-33-23-8-3-1-4-9-23)21-35-25-12-7-13-26(18-25)36-22-28(32-17-15-30)20-34-24-10-5-2-6-11-24/h1-13,18,27-30H,14-17,19-22H2. The van der Waals surface area contributed by atoms with Crippen LogP contribution in [0.1, 0.15) is 0 Å². The minimum absolute atomic E-state index is 0.0847. The van der Waals surface area contributed by atoms with Crippen molar-refractivity contribution in [1.82, 2.24) is 0 Å². The van der Waals surface area contributed by atoms with E-state index in [9.17, 15) is 0 Å². The molecule has 0 spiro atoms. The molecule has 2 unspecified atom stereocenters. The van der Waals surface area contributed by atoms with Gasteiger partial charge in [0.15, 0.2) is 0 Å². The fourth-order valence-electron chi connectivity index (χ4n) is 3.17. The van der Waals surface area contributed by atoms with Crippen molar-refractivity contribution >= 4 is 0 Å². The summed E-state index contributed by atoms with van der Waals surface area (Å²) in [5, 5.41) is 18.3. The molecule has 0 bridgehead atoms. The molecule has 3 rings (SSSR count). The van der Waals surface area contributed by atoms with E-state index in [0.717, 1.165) is 11.5 Å². The van der Waals surface area contributed by atoms with Gasteiger partial charge in [-0.05, 0) is 36.4 Å². The van der Waals surface area contributed by atoms with Crippen LogP contribution in [0.4, 0.5) is 0 Å². The number of hydrogen-bond donors (Lipinski definition) is 2. The van der Waals surface area contributed by atoms with Gasteiger partial charge >= 0.3 is 0 Å². The van der Waals surface area contributed by atoms with Crippen molar-refractivity contribution in [2.45, 2.75) is 12.2 Å². The maximum absolute atomic E-state index is 9.13. The van der Waals surface area contributed by atoms with E-state index >= 15 is 0 Å². The van der Waals surface area contributed by atoms with E-state index in [0.29, 0.717) is 11.5 Å². The summed E-state index contributed by atoms with van der Waals surface area (Å²) in [6, 6.07) is 26.2. The van der Waals surface area contributed by atoms with Gasteiger partial charge < -0.3 is 38.6 Å². The number of hydrogen-bond acceptors (Lipinski definition) is 8. The van der Waals surface area contributed by atoms with Gasteiger partial charge in [0.25, 0.3) is 0 Å². The summed E-state index contributed by atoms with van der Waals surface area (Å²) in [7, 11) is 0. The van der Waals surface area contributed by atoms with Gasteiger partial charge in [0, 0.05) is 6.07 Å². The van der Waals surface area contributed by atoms with Crippen LogP contribution in [0.3, 0.4) is 0 Å². The Morgan fingerprint density at radius 3 is 1.22 bits per heavy atom. The maximum Gasteiger partial charge on any atom is 0.125 e. The number of ether oxygens (including phenoxy) is 6. The number of benzene rings is 3. The van der Waals surface area contributed by atoms with Crippen molar-refractivity contribution < 1.29 is 38.6 Å². The van der Waals surface area contributed by atoms with Crippen molar-refractivity contribution in [3.05, 3.63) is 84.9 Å². The summed E-state index contributed by atoms with van der Waals surface area (Å²) in [5.41, 5.74) is 0. The van der Waals surface area contributed by atoms with E-state index in [1.807, 2.05) is 78.9 Å². The highest BCUT2D eigenvalue weighted by Gasteiger charge is 2.14. The third kappa shape index (κ3) is 10.5. The summed E-state index contributed by atoms with van der Waals surface area (Å²) in [5.74, 6) is 2.69. The third-order valence-electron chi connectivity index (χ3n) is 4.93. The normalized spacial score (nSPS) is 12.5. The molecule has 0 aliphatic carbocycles. The fourth-order valence-corrected chi connectivity index (χ4v) is 3.17. The molecule has 194 valence electrons. The van der Waals surface area contributed by atoms with Crippen molar-refractivity contribution in [1.29, 1.82) is 0 Å². The predicted molar refractivity (Wildman–Crippen MR) is 135 cm³/mol. The molecule has 36 heavy (non-hydrogen) atoms. The van der Waals surface area contributed by atoms with Crippen LogP contribution in [0.2, 0.25) is 0 Å². The monoisotopic (exact) mass is 498 g/mol. The molecule has 0 amide bonds. The second-order valence-corrected chi connectivity index (χ2v) is 7.78. The molecule has 0 saturated heterocycles. The van der Waals surface area contributed by atoms with E-state index in [2.05, 4.69) is 0 Å². The van der Waals surface area contributed by atoms with E-state index in [4.69, 9.17) is 38.6 Å². The Labute approximate surface area is 211 Å². The first-order chi connectivity index (χ1) is 17.8. The van der Waals surface area contributed by atoms with Crippen LogP contribution in [-0.4, -0.2) is 75.3 Å². The molecular weight excluding hydrogens is 464 g/mol. The zero-order valence-corrected chi connectivity index (χ0v) is 20.2. The summed E-state index contributed by atoms with van der Waals surface area (Å²) in [6.07, 6.45) is -0.735. The van der Waals surface area contributed by atoms with Crippen LogP contribution in [0.5, 0.6) is 23.0 Å². The van der Waals surface area contributed by atoms with Gasteiger partial charge in [-0.15, -0.1) is 0 Å². The van der Waals surface area contributed by atoms with Gasteiger partial charge in [-0.1, -0.05) is 42.5 Å². The molecule has 3 aromatic carbocycles. The van der Waals surface area contributed by atoms with Gasteiger partial charge in [-0.3, -0.25) is 0 Å². The summed E-state index contributed by atoms with van der Waals surface area (Å²) >= 11 is 0. The molecule has 0 saturated carbocycles. The Kier molecular flexibility index (Phi) is 12.4. The molecule has 2 N–H and O–H groups in total. The molecule has 8 heteroatoms. The molecule has 0 fully saturated rings. The lowest BCUT2D eigenvalue weighted by Gasteiger charge is -2.20. The van der Waals surface area contributed by atoms with Crippen molar-refractivity contribution in [2.75, 3.05) is 52.9 Å². The molecule has 0 radical (unpaired) electrons. The maximum atomic E-state index is 9.13. The SMILES string of the molecule is OCCOC(COc1ccccc1)COc1cccc(OCC(COc2ccccc2)OCCO)c1. The third-order valence-corrected chi connectivity index (χ3v) is 4.93. The first-order valence-corrected chi connectivity index (χ1v) is 11.9. The molecule has 8 nitrogen and oxygen atoms in total. The van der Waals surface area contributed by atoms with Crippen molar-refractivity contribution in [3.63, 3.8) is 0 Å². The van der Waals surface area contributed by atoms with Crippen LogP contribution >= 0.6 is 0 Å². The molecular formula is C28H34O8. The molecule has 0 aromatic heterocycles. The van der Waals surface area contributed by atoms with Crippen molar-refractivity contribution in [3.8, 4) is 23.0 Å². The van der Waals surface area contributed by atoms with Crippen LogP contribution in [0.25, 0.3) is 0 Å². The predicted octanol–water partition coefficient (Wildman–Crippen LogP) is 3.36. The van der Waals surface area contributed by atoms with E-state index in [-0.39, 0.29) is 65.1 Å². The lowest BCUT2D eigenvalue weighted by Crippen LogP contribution is -2.30. The Morgan fingerprint density at radius 2 is 0.833 bits per heavy atom. The molecule has 0 heterocycles. The quantitative estimate of drug-likeness (QED) is 0.276. The first-order valence-electron chi connectivity index (χ1n) is 11.9. The Hall–Kier alpha value is -3.30. The van der Waals surface area contributed by atoms with Crippen LogP contribution in [0.15, 0.2) is 84.9 Å². The van der Waals surface area contributed by atoms with Gasteiger partial charge in [0.1, 0.15) is 61.6 Å². The highest BCUT2D eigenvalue weighted by molar-refractivity contribution is 5.33. The summed E-state index contributed by atoms with van der Waals surface area (Å²) in [6.45, 7) is 1.26. The number of aliphatic hydroxyl groups excluding tert-OH is 2. The molecule has 0 aliphatic heterocycles. The lowest BCUT2D eigenvalue weighted by atomic mass is 10.3. The van der Waals surface area contributed by atoms with Crippen molar-refractivity contribution in [2.24, 2.45) is 0 Å². The Balaban J connectivity index is 1.49. The topological polar surface area (TPSA) is 95.8 Å². The fraction of sp³-hybridized carbons (Fsp3) is 0.357.